The Morgan fingerprint density at radius 1 is 0.630 bits per heavy atom. The molecule has 1 saturated heterocycles. The van der Waals surface area contributed by atoms with E-state index in [2.05, 4.69) is 0 Å². The predicted octanol–water partition coefficient (Wildman–Crippen LogP) is 4.88. The molecule has 5 rings (SSSR count). The zero-order valence-corrected chi connectivity index (χ0v) is 30.6. The highest BCUT2D eigenvalue weighted by Gasteiger charge is 2.39. The van der Waals surface area contributed by atoms with Crippen molar-refractivity contribution in [2.45, 2.75) is 38.8 Å². The molecule has 0 N–H and O–H groups in total. The van der Waals surface area contributed by atoms with E-state index in [1.807, 2.05) is 136 Å². The number of carbonyl (C=O) groups excluding carboxylic acids is 4. The maximum Gasteiger partial charge on any atom is 0.320 e. The Hall–Kier alpha value is -5.36. The van der Waals surface area contributed by atoms with E-state index in [9.17, 15) is 19.2 Å². The second kappa shape index (κ2) is 22.0. The Kier molecular flexibility index (Phi) is 16.2. The van der Waals surface area contributed by atoms with Crippen LogP contribution >= 0.6 is 0 Å². The summed E-state index contributed by atoms with van der Waals surface area (Å²) >= 11 is 0. The van der Waals surface area contributed by atoms with E-state index in [4.69, 9.17) is 18.9 Å². The molecule has 1 aliphatic rings. The highest BCUT2D eigenvalue weighted by atomic mass is 16.5. The first-order valence-corrected chi connectivity index (χ1v) is 18.3. The Bertz CT molecular complexity index is 1710. The smallest absolute Gasteiger partial charge is 0.320 e. The van der Waals surface area contributed by atoms with Crippen LogP contribution in [0.4, 0.5) is 0 Å². The summed E-state index contributed by atoms with van der Waals surface area (Å²) in [7, 11) is 0. The van der Waals surface area contributed by atoms with Crippen molar-refractivity contribution in [1.29, 1.82) is 0 Å². The first kappa shape index (κ1) is 39.8. The standard InChI is InChI=1S/C43H49N3O8/c47-34-51-26-22-39-27-44(28-40(48)52-31-36-15-7-2-8-16-36)24-25-46(30-42(50)54-33-38-19-11-4-12-20-38)43(39)45(23-21-35-13-5-1-6-14-35)29-41(49)53-32-37-17-9-3-10-18-37/h1-20,34,39,43H,21-33H2. The fourth-order valence-corrected chi connectivity index (χ4v) is 6.66. The molecule has 1 fully saturated rings. The lowest BCUT2D eigenvalue weighted by Crippen LogP contribution is -2.56. The van der Waals surface area contributed by atoms with Crippen molar-refractivity contribution in [2.75, 3.05) is 52.4 Å². The molecular formula is C43H49N3O8. The molecule has 0 amide bonds. The van der Waals surface area contributed by atoms with Crippen LogP contribution in [0.25, 0.3) is 0 Å². The molecule has 2 atom stereocenters. The molecule has 11 nitrogen and oxygen atoms in total. The lowest BCUT2D eigenvalue weighted by molar-refractivity contribution is -0.151. The summed E-state index contributed by atoms with van der Waals surface area (Å²) in [6, 6.07) is 38.4. The van der Waals surface area contributed by atoms with Gasteiger partial charge in [-0.25, -0.2) is 0 Å². The summed E-state index contributed by atoms with van der Waals surface area (Å²) in [4.78, 5) is 57.7. The molecule has 11 heteroatoms. The van der Waals surface area contributed by atoms with Gasteiger partial charge in [0.1, 0.15) is 19.8 Å². The Balaban J connectivity index is 1.40. The van der Waals surface area contributed by atoms with Crippen LogP contribution < -0.4 is 0 Å². The third kappa shape index (κ3) is 13.6. The molecule has 0 radical (unpaired) electrons. The lowest BCUT2D eigenvalue weighted by atomic mass is 9.98. The summed E-state index contributed by atoms with van der Waals surface area (Å²) in [5, 5.41) is 0. The maximum absolute atomic E-state index is 13.6. The predicted molar refractivity (Wildman–Crippen MR) is 202 cm³/mol. The minimum Gasteiger partial charge on any atom is -0.468 e. The number of ether oxygens (including phenoxy) is 4. The van der Waals surface area contributed by atoms with Crippen molar-refractivity contribution in [3.8, 4) is 0 Å². The molecule has 1 aliphatic heterocycles. The first-order chi connectivity index (χ1) is 26.5. The molecule has 4 aromatic carbocycles. The van der Waals surface area contributed by atoms with Gasteiger partial charge in [-0.3, -0.25) is 33.9 Å². The summed E-state index contributed by atoms with van der Waals surface area (Å²) in [6.45, 7) is 2.58. The van der Waals surface area contributed by atoms with Gasteiger partial charge in [0.2, 0.25) is 0 Å². The van der Waals surface area contributed by atoms with Crippen molar-refractivity contribution in [2.24, 2.45) is 5.92 Å². The fraction of sp³-hybridized carbons (Fsp3) is 0.349. The number of hydrogen-bond donors (Lipinski definition) is 0. The van der Waals surface area contributed by atoms with E-state index >= 15 is 0 Å². The number of benzene rings is 4. The highest BCUT2D eigenvalue weighted by Crippen LogP contribution is 2.25. The van der Waals surface area contributed by atoms with Crippen LogP contribution in [-0.4, -0.2) is 97.7 Å². The van der Waals surface area contributed by atoms with Gasteiger partial charge in [0.05, 0.1) is 32.4 Å². The van der Waals surface area contributed by atoms with Crippen molar-refractivity contribution < 1.29 is 38.1 Å². The quantitative estimate of drug-likeness (QED) is 0.0536. The maximum atomic E-state index is 13.6. The highest BCUT2D eigenvalue weighted by molar-refractivity contribution is 5.73. The van der Waals surface area contributed by atoms with Crippen LogP contribution in [0.3, 0.4) is 0 Å². The number of hydrogen-bond acceptors (Lipinski definition) is 11. The van der Waals surface area contributed by atoms with Gasteiger partial charge in [-0.05, 0) is 35.1 Å². The number of carbonyl (C=O) groups is 4. The van der Waals surface area contributed by atoms with E-state index in [0.717, 1.165) is 22.3 Å². The largest absolute Gasteiger partial charge is 0.468 e. The molecule has 0 aromatic heterocycles. The van der Waals surface area contributed by atoms with Gasteiger partial charge in [-0.1, -0.05) is 121 Å². The van der Waals surface area contributed by atoms with Crippen molar-refractivity contribution >= 4 is 24.4 Å². The van der Waals surface area contributed by atoms with E-state index in [-0.39, 0.29) is 57.9 Å². The normalized spacial score (nSPS) is 16.2. The molecule has 0 saturated carbocycles. The van der Waals surface area contributed by atoms with Crippen LogP contribution in [0, 0.1) is 5.92 Å². The average molecular weight is 736 g/mol. The van der Waals surface area contributed by atoms with Gasteiger partial charge in [0.15, 0.2) is 0 Å². The van der Waals surface area contributed by atoms with E-state index in [1.54, 1.807) is 0 Å². The van der Waals surface area contributed by atoms with Gasteiger partial charge in [-0.2, -0.15) is 0 Å². The summed E-state index contributed by atoms with van der Waals surface area (Å²) < 4.78 is 22.4. The second-order valence-corrected chi connectivity index (χ2v) is 13.3. The van der Waals surface area contributed by atoms with Crippen LogP contribution in [0.15, 0.2) is 121 Å². The van der Waals surface area contributed by atoms with Gasteiger partial charge in [0, 0.05) is 32.1 Å². The Morgan fingerprint density at radius 2 is 1.11 bits per heavy atom. The van der Waals surface area contributed by atoms with Crippen molar-refractivity contribution in [3.05, 3.63) is 144 Å². The molecule has 0 spiro atoms. The topological polar surface area (TPSA) is 115 Å². The molecule has 4 aromatic rings. The first-order valence-electron chi connectivity index (χ1n) is 18.3. The molecule has 284 valence electrons. The number of nitrogens with zero attached hydrogens (tertiary/aromatic N) is 3. The van der Waals surface area contributed by atoms with Gasteiger partial charge >= 0.3 is 17.9 Å². The third-order valence-electron chi connectivity index (χ3n) is 9.32. The SMILES string of the molecule is O=COCCC1CN(CC(=O)OCc2ccccc2)CCN(CC(=O)OCc2ccccc2)C1N(CCc1ccccc1)CC(=O)OCc1ccccc1. The van der Waals surface area contributed by atoms with Gasteiger partial charge in [-0.15, -0.1) is 0 Å². The zero-order chi connectivity index (χ0) is 37.8. The Labute approximate surface area is 317 Å². The van der Waals surface area contributed by atoms with Crippen LogP contribution in [0.5, 0.6) is 0 Å². The van der Waals surface area contributed by atoms with Crippen molar-refractivity contribution in [3.63, 3.8) is 0 Å². The Morgan fingerprint density at radius 3 is 1.63 bits per heavy atom. The number of rotatable bonds is 20. The molecule has 0 bridgehead atoms. The van der Waals surface area contributed by atoms with E-state index in [1.165, 1.54) is 0 Å². The molecule has 54 heavy (non-hydrogen) atoms. The molecule has 1 heterocycles. The second-order valence-electron chi connectivity index (χ2n) is 13.3. The van der Waals surface area contributed by atoms with Crippen LogP contribution in [0.1, 0.15) is 28.7 Å². The zero-order valence-electron chi connectivity index (χ0n) is 30.6. The van der Waals surface area contributed by atoms with E-state index in [0.29, 0.717) is 45.5 Å². The van der Waals surface area contributed by atoms with Crippen molar-refractivity contribution in [1.82, 2.24) is 14.7 Å². The fourth-order valence-electron chi connectivity index (χ4n) is 6.66. The molecule has 0 aliphatic carbocycles. The average Bonchev–Trinajstić information content (AvgIpc) is 3.37. The molecule has 2 unspecified atom stereocenters. The van der Waals surface area contributed by atoms with Gasteiger partial charge < -0.3 is 18.9 Å². The van der Waals surface area contributed by atoms with E-state index < -0.39 is 18.1 Å². The lowest BCUT2D eigenvalue weighted by Gasteiger charge is -2.42. The molecular weight excluding hydrogens is 686 g/mol. The summed E-state index contributed by atoms with van der Waals surface area (Å²) in [5.74, 6) is -1.47. The minimum atomic E-state index is -0.483. The summed E-state index contributed by atoms with van der Waals surface area (Å²) in [5.41, 5.74) is 3.72. The number of esters is 3. The van der Waals surface area contributed by atoms with Gasteiger partial charge in [0.25, 0.3) is 6.47 Å². The summed E-state index contributed by atoms with van der Waals surface area (Å²) in [6.07, 6.45) is 0.556. The van der Waals surface area contributed by atoms with Crippen LogP contribution in [0.2, 0.25) is 0 Å². The van der Waals surface area contributed by atoms with Crippen LogP contribution in [-0.2, 0) is 64.4 Å². The monoisotopic (exact) mass is 735 g/mol. The minimum absolute atomic E-state index is 0.0278. The third-order valence-corrected chi connectivity index (χ3v) is 9.32.